The van der Waals surface area contributed by atoms with Crippen LogP contribution in [0, 0.1) is 6.92 Å². The lowest BCUT2D eigenvalue weighted by Crippen LogP contribution is -2.39. The standard InChI is InChI=1S/C11H19N3OS.ClH/c1-3-4-5-9(6-12)14-11(15)10-7-13-8(2)16-10;/h7,9H,3-6,12H2,1-2H3,(H,14,15);1H. The molecule has 1 aromatic rings. The van der Waals surface area contributed by atoms with Gasteiger partial charge in [-0.25, -0.2) is 4.98 Å². The van der Waals surface area contributed by atoms with Gasteiger partial charge in [0.15, 0.2) is 0 Å². The Morgan fingerprint density at radius 1 is 1.65 bits per heavy atom. The van der Waals surface area contributed by atoms with Gasteiger partial charge in [0.05, 0.1) is 11.2 Å². The average molecular weight is 278 g/mol. The third kappa shape index (κ3) is 5.48. The van der Waals surface area contributed by atoms with Crippen LogP contribution in [0.3, 0.4) is 0 Å². The highest BCUT2D eigenvalue weighted by molar-refractivity contribution is 7.13. The summed E-state index contributed by atoms with van der Waals surface area (Å²) in [6, 6.07) is 0.0786. The molecule has 0 aliphatic carbocycles. The average Bonchev–Trinajstić information content (AvgIpc) is 2.70. The van der Waals surface area contributed by atoms with Gasteiger partial charge in [-0.15, -0.1) is 23.7 Å². The first-order chi connectivity index (χ1) is 7.67. The van der Waals surface area contributed by atoms with Gasteiger partial charge in [0, 0.05) is 12.6 Å². The lowest BCUT2D eigenvalue weighted by molar-refractivity contribution is 0.0939. The number of nitrogens with zero attached hydrogens (tertiary/aromatic N) is 1. The van der Waals surface area contributed by atoms with Gasteiger partial charge in [-0.3, -0.25) is 4.79 Å². The number of amides is 1. The first-order valence-electron chi connectivity index (χ1n) is 5.60. The van der Waals surface area contributed by atoms with Crippen LogP contribution >= 0.6 is 23.7 Å². The number of nitrogens with two attached hydrogens (primary N) is 1. The molecule has 98 valence electrons. The highest BCUT2D eigenvalue weighted by atomic mass is 35.5. The van der Waals surface area contributed by atoms with Crippen molar-refractivity contribution in [3.8, 4) is 0 Å². The van der Waals surface area contributed by atoms with E-state index in [0.29, 0.717) is 11.4 Å². The van der Waals surface area contributed by atoms with Crippen molar-refractivity contribution in [2.75, 3.05) is 6.54 Å². The van der Waals surface area contributed by atoms with Crippen molar-refractivity contribution in [3.63, 3.8) is 0 Å². The molecule has 1 amide bonds. The molecule has 0 fully saturated rings. The number of hydrogen-bond acceptors (Lipinski definition) is 4. The minimum atomic E-state index is -0.0582. The highest BCUT2D eigenvalue weighted by Gasteiger charge is 2.13. The molecule has 0 aliphatic rings. The van der Waals surface area contributed by atoms with Crippen molar-refractivity contribution in [3.05, 3.63) is 16.1 Å². The zero-order valence-corrected chi connectivity index (χ0v) is 11.9. The first kappa shape index (κ1) is 16.4. The number of nitrogens with one attached hydrogen (secondary N) is 1. The molecule has 0 spiro atoms. The molecule has 1 aromatic heterocycles. The minimum absolute atomic E-state index is 0. The zero-order chi connectivity index (χ0) is 12.0. The van der Waals surface area contributed by atoms with Gasteiger partial charge in [0.25, 0.3) is 5.91 Å². The van der Waals surface area contributed by atoms with Crippen molar-refractivity contribution < 1.29 is 4.79 Å². The van der Waals surface area contributed by atoms with Gasteiger partial charge in [0.1, 0.15) is 4.88 Å². The Morgan fingerprint density at radius 3 is 2.82 bits per heavy atom. The Balaban J connectivity index is 0.00000256. The Kier molecular flexibility index (Phi) is 8.12. The summed E-state index contributed by atoms with van der Waals surface area (Å²) in [5, 5.41) is 3.84. The summed E-state index contributed by atoms with van der Waals surface area (Å²) in [7, 11) is 0. The van der Waals surface area contributed by atoms with E-state index in [9.17, 15) is 4.79 Å². The van der Waals surface area contributed by atoms with Crippen LogP contribution in [-0.4, -0.2) is 23.5 Å². The number of hydrogen-bond donors (Lipinski definition) is 2. The number of rotatable bonds is 6. The molecule has 1 rings (SSSR count). The SMILES string of the molecule is CCCCC(CN)NC(=O)c1cnc(C)s1.Cl. The number of carbonyl (C=O) groups is 1. The van der Waals surface area contributed by atoms with Crippen LogP contribution in [0.15, 0.2) is 6.20 Å². The van der Waals surface area contributed by atoms with Gasteiger partial charge < -0.3 is 11.1 Å². The fraction of sp³-hybridized carbons (Fsp3) is 0.636. The summed E-state index contributed by atoms with van der Waals surface area (Å²) in [5.41, 5.74) is 5.62. The van der Waals surface area contributed by atoms with E-state index in [-0.39, 0.29) is 24.4 Å². The van der Waals surface area contributed by atoms with E-state index >= 15 is 0 Å². The molecular formula is C11H20ClN3OS. The molecule has 0 aromatic carbocycles. The zero-order valence-electron chi connectivity index (χ0n) is 10.2. The molecule has 0 radical (unpaired) electrons. The Morgan fingerprint density at radius 2 is 2.35 bits per heavy atom. The maximum atomic E-state index is 11.8. The van der Waals surface area contributed by atoms with Gasteiger partial charge in [-0.2, -0.15) is 0 Å². The largest absolute Gasteiger partial charge is 0.347 e. The molecule has 1 unspecified atom stereocenters. The second-order valence-corrected chi connectivity index (χ2v) is 5.03. The number of unbranched alkanes of at least 4 members (excludes halogenated alkanes) is 1. The quantitative estimate of drug-likeness (QED) is 0.837. The smallest absolute Gasteiger partial charge is 0.263 e. The first-order valence-corrected chi connectivity index (χ1v) is 6.42. The molecule has 0 bridgehead atoms. The summed E-state index contributed by atoms with van der Waals surface area (Å²) in [6.45, 7) is 4.50. The van der Waals surface area contributed by atoms with E-state index in [4.69, 9.17) is 5.73 Å². The second-order valence-electron chi connectivity index (χ2n) is 3.79. The maximum Gasteiger partial charge on any atom is 0.263 e. The van der Waals surface area contributed by atoms with E-state index < -0.39 is 0 Å². The number of carbonyl (C=O) groups excluding carboxylic acids is 1. The second kappa shape index (κ2) is 8.44. The summed E-state index contributed by atoms with van der Waals surface area (Å²) < 4.78 is 0. The molecule has 6 heteroatoms. The molecule has 0 saturated carbocycles. The fourth-order valence-electron chi connectivity index (χ4n) is 1.42. The van der Waals surface area contributed by atoms with Crippen LogP contribution in [0.2, 0.25) is 0 Å². The van der Waals surface area contributed by atoms with Crippen LogP contribution in [-0.2, 0) is 0 Å². The van der Waals surface area contributed by atoms with E-state index in [0.717, 1.165) is 24.3 Å². The molecule has 0 saturated heterocycles. The number of thiazole rings is 1. The summed E-state index contributed by atoms with van der Waals surface area (Å²) >= 11 is 1.41. The number of aromatic nitrogens is 1. The van der Waals surface area contributed by atoms with Gasteiger partial charge in [-0.1, -0.05) is 19.8 Å². The van der Waals surface area contributed by atoms with Crippen LogP contribution in [0.4, 0.5) is 0 Å². The predicted molar refractivity (Wildman–Crippen MR) is 73.9 cm³/mol. The summed E-state index contributed by atoms with van der Waals surface area (Å²) in [6.07, 6.45) is 4.76. The lowest BCUT2D eigenvalue weighted by Gasteiger charge is -2.15. The molecule has 1 atom stereocenters. The Bertz CT molecular complexity index is 343. The van der Waals surface area contributed by atoms with Gasteiger partial charge in [0.2, 0.25) is 0 Å². The minimum Gasteiger partial charge on any atom is -0.347 e. The van der Waals surface area contributed by atoms with Crippen LogP contribution in [0.1, 0.15) is 40.9 Å². The number of halogens is 1. The van der Waals surface area contributed by atoms with E-state index in [1.165, 1.54) is 11.3 Å². The topological polar surface area (TPSA) is 68.0 Å². The van der Waals surface area contributed by atoms with Crippen molar-refractivity contribution in [1.29, 1.82) is 0 Å². The molecule has 3 N–H and O–H groups in total. The van der Waals surface area contributed by atoms with Crippen molar-refractivity contribution in [2.45, 2.75) is 39.2 Å². The van der Waals surface area contributed by atoms with Crippen LogP contribution in [0.5, 0.6) is 0 Å². The summed E-state index contributed by atoms with van der Waals surface area (Å²) in [4.78, 5) is 16.5. The highest BCUT2D eigenvalue weighted by Crippen LogP contribution is 2.11. The summed E-state index contributed by atoms with van der Waals surface area (Å²) in [5.74, 6) is -0.0582. The van der Waals surface area contributed by atoms with Crippen LogP contribution < -0.4 is 11.1 Å². The predicted octanol–water partition coefficient (Wildman–Crippen LogP) is 2.12. The molecule has 4 nitrogen and oxygen atoms in total. The van der Waals surface area contributed by atoms with Crippen molar-refractivity contribution in [2.24, 2.45) is 5.73 Å². The van der Waals surface area contributed by atoms with Crippen molar-refractivity contribution in [1.82, 2.24) is 10.3 Å². The normalized spacial score (nSPS) is 11.7. The lowest BCUT2D eigenvalue weighted by atomic mass is 10.1. The molecular weight excluding hydrogens is 258 g/mol. The van der Waals surface area contributed by atoms with E-state index in [2.05, 4.69) is 17.2 Å². The molecule has 0 aliphatic heterocycles. The van der Waals surface area contributed by atoms with E-state index in [1.54, 1.807) is 6.20 Å². The van der Waals surface area contributed by atoms with Crippen LogP contribution in [0.25, 0.3) is 0 Å². The maximum absolute atomic E-state index is 11.8. The fourth-order valence-corrected chi connectivity index (χ4v) is 2.10. The molecule has 1 heterocycles. The Hall–Kier alpha value is -0.650. The molecule has 17 heavy (non-hydrogen) atoms. The number of aryl methyl sites for hydroxylation is 1. The monoisotopic (exact) mass is 277 g/mol. The Labute approximate surface area is 112 Å². The van der Waals surface area contributed by atoms with Crippen molar-refractivity contribution >= 4 is 29.7 Å². The van der Waals surface area contributed by atoms with E-state index in [1.807, 2.05) is 6.92 Å². The van der Waals surface area contributed by atoms with Gasteiger partial charge in [-0.05, 0) is 13.3 Å². The van der Waals surface area contributed by atoms with Gasteiger partial charge >= 0.3 is 0 Å². The third-order valence-corrected chi connectivity index (χ3v) is 3.28. The third-order valence-electron chi connectivity index (χ3n) is 2.37.